The number of benzene rings is 1. The number of aryl methyl sites for hydroxylation is 1. The van der Waals surface area contributed by atoms with E-state index in [0.29, 0.717) is 6.42 Å². The van der Waals surface area contributed by atoms with E-state index in [1.165, 1.54) is 0 Å². The van der Waals surface area contributed by atoms with Gasteiger partial charge in [-0.3, -0.25) is 9.59 Å². The second kappa shape index (κ2) is 8.96. The van der Waals surface area contributed by atoms with Crippen LogP contribution in [0.25, 0.3) is 0 Å². The molecule has 1 saturated carbocycles. The number of nitrogens with zero attached hydrogens (tertiary/aromatic N) is 4. The van der Waals surface area contributed by atoms with Crippen molar-refractivity contribution in [1.29, 1.82) is 0 Å². The summed E-state index contributed by atoms with van der Waals surface area (Å²) in [6, 6.07) is 11.5. The number of hydrogen-bond acceptors (Lipinski definition) is 4. The zero-order chi connectivity index (χ0) is 22.0. The van der Waals surface area contributed by atoms with Gasteiger partial charge in [0.25, 0.3) is 5.91 Å². The van der Waals surface area contributed by atoms with Gasteiger partial charge < -0.3 is 14.2 Å². The fourth-order valence-corrected chi connectivity index (χ4v) is 4.58. The van der Waals surface area contributed by atoms with Crippen molar-refractivity contribution < 1.29 is 14.3 Å². The molecule has 0 radical (unpaired) electrons. The molecular weight excluding hydrogens is 392 g/mol. The van der Waals surface area contributed by atoms with E-state index in [-0.39, 0.29) is 30.3 Å². The number of hydrazone groups is 1. The molecule has 31 heavy (non-hydrogen) atoms. The third kappa shape index (κ3) is 4.36. The summed E-state index contributed by atoms with van der Waals surface area (Å²) in [5.74, 6) is 0.720. The summed E-state index contributed by atoms with van der Waals surface area (Å²) in [7, 11) is 5.33. The van der Waals surface area contributed by atoms with Crippen LogP contribution >= 0.6 is 0 Å². The number of amides is 2. The zero-order valence-electron chi connectivity index (χ0n) is 18.5. The molecular formula is C24H30N4O3. The highest BCUT2D eigenvalue weighted by molar-refractivity contribution is 6.02. The minimum Gasteiger partial charge on any atom is -0.497 e. The predicted molar refractivity (Wildman–Crippen MR) is 119 cm³/mol. The fraction of sp³-hybridized carbons (Fsp3) is 0.458. The molecule has 1 aliphatic carbocycles. The molecule has 1 aromatic heterocycles. The van der Waals surface area contributed by atoms with Gasteiger partial charge >= 0.3 is 0 Å². The molecule has 2 amide bonds. The minimum absolute atomic E-state index is 0.0336. The van der Waals surface area contributed by atoms with Crippen LogP contribution in [0.4, 0.5) is 0 Å². The lowest BCUT2D eigenvalue weighted by Crippen LogP contribution is -2.41. The molecule has 0 saturated heterocycles. The van der Waals surface area contributed by atoms with E-state index in [1.54, 1.807) is 24.1 Å². The molecule has 2 heterocycles. The van der Waals surface area contributed by atoms with Gasteiger partial charge in [0.15, 0.2) is 0 Å². The summed E-state index contributed by atoms with van der Waals surface area (Å²) in [6.07, 6.45) is 6.62. The van der Waals surface area contributed by atoms with Gasteiger partial charge in [0.05, 0.1) is 24.6 Å². The molecule has 7 heteroatoms. The van der Waals surface area contributed by atoms with Gasteiger partial charge in [0.2, 0.25) is 5.91 Å². The number of hydrogen-bond donors (Lipinski definition) is 0. The average Bonchev–Trinajstić information content (AvgIpc) is 3.53. The van der Waals surface area contributed by atoms with Crippen LogP contribution < -0.4 is 4.74 Å². The van der Waals surface area contributed by atoms with Crippen molar-refractivity contribution in [2.45, 2.75) is 38.1 Å². The maximum absolute atomic E-state index is 13.3. The molecule has 1 aliphatic heterocycles. The monoisotopic (exact) mass is 422 g/mol. The minimum atomic E-state index is -0.210. The molecule has 0 bridgehead atoms. The van der Waals surface area contributed by atoms with Crippen LogP contribution in [-0.4, -0.2) is 52.7 Å². The lowest BCUT2D eigenvalue weighted by molar-refractivity contribution is -0.142. The van der Waals surface area contributed by atoms with Crippen molar-refractivity contribution in [2.75, 3.05) is 20.7 Å². The van der Waals surface area contributed by atoms with Crippen molar-refractivity contribution >= 4 is 17.5 Å². The number of rotatable bonds is 6. The van der Waals surface area contributed by atoms with Crippen molar-refractivity contribution in [2.24, 2.45) is 18.1 Å². The van der Waals surface area contributed by atoms with Crippen LogP contribution in [-0.2, 0) is 16.6 Å². The summed E-state index contributed by atoms with van der Waals surface area (Å²) >= 11 is 0. The maximum Gasteiger partial charge on any atom is 0.262 e. The lowest BCUT2D eigenvalue weighted by atomic mass is 10.0. The Morgan fingerprint density at radius 1 is 1.16 bits per heavy atom. The maximum atomic E-state index is 13.3. The van der Waals surface area contributed by atoms with Crippen LogP contribution in [0.15, 0.2) is 47.7 Å². The molecule has 0 N–H and O–H groups in total. The van der Waals surface area contributed by atoms with Crippen LogP contribution in [0.5, 0.6) is 5.75 Å². The van der Waals surface area contributed by atoms with Gasteiger partial charge in [-0.2, -0.15) is 5.10 Å². The molecule has 7 nitrogen and oxygen atoms in total. The van der Waals surface area contributed by atoms with Crippen molar-refractivity contribution in [3.63, 3.8) is 0 Å². The van der Waals surface area contributed by atoms with Gasteiger partial charge in [-0.15, -0.1) is 0 Å². The second-order valence-corrected chi connectivity index (χ2v) is 8.46. The largest absolute Gasteiger partial charge is 0.497 e. The fourth-order valence-electron chi connectivity index (χ4n) is 4.58. The summed E-state index contributed by atoms with van der Waals surface area (Å²) in [5.41, 5.74) is 2.85. The van der Waals surface area contributed by atoms with E-state index in [9.17, 15) is 9.59 Å². The van der Waals surface area contributed by atoms with Crippen molar-refractivity contribution in [3.05, 3.63) is 53.9 Å². The molecule has 2 aliphatic rings. The topological polar surface area (TPSA) is 67.1 Å². The van der Waals surface area contributed by atoms with Crippen LogP contribution in [0.1, 0.15) is 49.4 Å². The first-order chi connectivity index (χ1) is 15.0. The van der Waals surface area contributed by atoms with Gasteiger partial charge in [-0.25, -0.2) is 5.01 Å². The molecule has 4 rings (SSSR count). The number of carbonyl (C=O) groups excluding carboxylic acids is 2. The Hall–Kier alpha value is -3.09. The molecule has 1 atom stereocenters. The Bertz CT molecular complexity index is 973. The summed E-state index contributed by atoms with van der Waals surface area (Å²) in [4.78, 5) is 27.6. The third-order valence-electron chi connectivity index (χ3n) is 6.36. The van der Waals surface area contributed by atoms with Crippen molar-refractivity contribution in [1.82, 2.24) is 14.5 Å². The van der Waals surface area contributed by atoms with Gasteiger partial charge in [-0.05, 0) is 42.7 Å². The Kier molecular flexibility index (Phi) is 6.11. The van der Waals surface area contributed by atoms with Crippen molar-refractivity contribution in [3.8, 4) is 5.75 Å². The summed E-state index contributed by atoms with van der Waals surface area (Å²) < 4.78 is 7.28. The van der Waals surface area contributed by atoms with Gasteiger partial charge in [0, 0.05) is 32.6 Å². The highest BCUT2D eigenvalue weighted by Gasteiger charge is 2.35. The quantitative estimate of drug-likeness (QED) is 0.717. The molecule has 1 fully saturated rings. The highest BCUT2D eigenvalue weighted by Crippen LogP contribution is 2.34. The van der Waals surface area contributed by atoms with E-state index < -0.39 is 0 Å². The SMILES string of the molecule is COc1ccc(C2CC(c3cccn3C)=NN2C(=O)CN(C)C(=O)C2CCCC2)cc1. The first-order valence-electron chi connectivity index (χ1n) is 10.9. The van der Waals surface area contributed by atoms with Crippen LogP contribution in [0.3, 0.4) is 0 Å². The smallest absolute Gasteiger partial charge is 0.262 e. The Morgan fingerprint density at radius 3 is 2.48 bits per heavy atom. The Balaban J connectivity index is 1.56. The molecule has 2 aromatic rings. The Labute approximate surface area is 183 Å². The number of methoxy groups -OCH3 is 1. The highest BCUT2D eigenvalue weighted by atomic mass is 16.5. The number of likely N-dealkylation sites (N-methyl/N-ethyl adjacent to an activating group) is 1. The van der Waals surface area contributed by atoms with Gasteiger partial charge in [0.1, 0.15) is 12.3 Å². The van der Waals surface area contributed by atoms with E-state index in [0.717, 1.165) is 48.4 Å². The van der Waals surface area contributed by atoms with E-state index in [4.69, 9.17) is 9.84 Å². The van der Waals surface area contributed by atoms with E-state index >= 15 is 0 Å². The molecule has 1 aromatic carbocycles. The molecule has 164 valence electrons. The first-order valence-corrected chi connectivity index (χ1v) is 10.9. The zero-order valence-corrected chi connectivity index (χ0v) is 18.5. The summed E-state index contributed by atoms with van der Waals surface area (Å²) in [5, 5.41) is 6.27. The lowest BCUT2D eigenvalue weighted by Gasteiger charge is -2.26. The molecule has 0 spiro atoms. The average molecular weight is 423 g/mol. The number of carbonyl (C=O) groups is 2. The van der Waals surface area contributed by atoms with E-state index in [2.05, 4.69) is 0 Å². The molecule has 1 unspecified atom stereocenters. The van der Waals surface area contributed by atoms with Crippen LogP contribution in [0.2, 0.25) is 0 Å². The third-order valence-corrected chi connectivity index (χ3v) is 6.36. The van der Waals surface area contributed by atoms with Crippen LogP contribution in [0, 0.1) is 5.92 Å². The van der Waals surface area contributed by atoms with E-state index in [1.807, 2.05) is 54.2 Å². The predicted octanol–water partition coefficient (Wildman–Crippen LogP) is 3.36. The summed E-state index contributed by atoms with van der Waals surface area (Å²) in [6.45, 7) is 0.0336. The van der Waals surface area contributed by atoms with Gasteiger partial charge in [-0.1, -0.05) is 25.0 Å². The standard InChI is InChI=1S/C24H30N4O3/c1-26-14-6-9-21(26)20-15-22(17-10-12-19(31-3)13-11-17)28(25-20)23(29)16-27(2)24(30)18-7-4-5-8-18/h6,9-14,18,22H,4-5,7-8,15-16H2,1-3H3. The normalized spacial score (nSPS) is 18.9. The number of aromatic nitrogens is 1. The first kappa shape index (κ1) is 21.2. The second-order valence-electron chi connectivity index (χ2n) is 8.46. The Morgan fingerprint density at radius 2 is 1.87 bits per heavy atom. The number of ether oxygens (including phenoxy) is 1.